The number of carbonyl (C=O) groups is 1. The molecule has 0 spiro atoms. The van der Waals surface area contributed by atoms with Crippen LogP contribution in [0.15, 0.2) is 11.6 Å². The van der Waals surface area contributed by atoms with Crippen molar-refractivity contribution in [2.75, 3.05) is 13.7 Å². The SMILES string of the molecule is [CH-]=C(C#CCCO)C=[C-]C(=O)OC.[Y]. The summed E-state index contributed by atoms with van der Waals surface area (Å²) in [5, 5.41) is 8.38. The summed E-state index contributed by atoms with van der Waals surface area (Å²) in [6.45, 7) is 5.34. The molecular weight excluding hydrogens is 257 g/mol. The van der Waals surface area contributed by atoms with E-state index in [2.05, 4.69) is 22.7 Å². The summed E-state index contributed by atoms with van der Waals surface area (Å²) in [6, 6.07) is 0. The average Bonchev–Trinajstić information content (AvgIpc) is 2.14. The van der Waals surface area contributed by atoms with E-state index in [1.54, 1.807) is 0 Å². The Morgan fingerprint density at radius 2 is 2.36 bits per heavy atom. The van der Waals surface area contributed by atoms with Crippen molar-refractivity contribution in [3.05, 3.63) is 24.3 Å². The van der Waals surface area contributed by atoms with E-state index >= 15 is 0 Å². The summed E-state index contributed by atoms with van der Waals surface area (Å²) in [4.78, 5) is 10.5. The molecule has 0 aliphatic rings. The number of ether oxygens (including phenoxy) is 1. The Balaban J connectivity index is 0. The third-order valence-electron chi connectivity index (χ3n) is 1.00. The van der Waals surface area contributed by atoms with Crippen LogP contribution < -0.4 is 0 Å². The molecule has 0 aromatic rings. The van der Waals surface area contributed by atoms with Gasteiger partial charge in [-0.3, -0.25) is 4.79 Å². The third kappa shape index (κ3) is 9.66. The number of hydrogen-bond donors (Lipinski definition) is 1. The first-order chi connectivity index (χ1) is 6.20. The summed E-state index contributed by atoms with van der Waals surface area (Å²) in [5.74, 6) is 4.51. The molecule has 0 fully saturated rings. The van der Waals surface area contributed by atoms with E-state index in [4.69, 9.17) is 11.7 Å². The van der Waals surface area contributed by atoms with Gasteiger partial charge in [0.2, 0.25) is 5.97 Å². The smallest absolute Gasteiger partial charge is 0.225 e. The van der Waals surface area contributed by atoms with Crippen molar-refractivity contribution in [3.63, 3.8) is 0 Å². The molecule has 0 aliphatic carbocycles. The quantitative estimate of drug-likeness (QED) is 0.262. The maximum absolute atomic E-state index is 10.5. The number of rotatable bonds is 3. The molecule has 1 radical (unpaired) electrons. The number of aliphatic hydroxyl groups is 1. The Hall–Kier alpha value is -0.426. The summed E-state index contributed by atoms with van der Waals surface area (Å²) >= 11 is 0. The molecule has 3 nitrogen and oxygen atoms in total. The Kier molecular flexibility index (Phi) is 12.2. The molecule has 0 rings (SSSR count). The zero-order valence-electron chi connectivity index (χ0n) is 7.91. The van der Waals surface area contributed by atoms with Gasteiger partial charge in [0, 0.05) is 39.1 Å². The van der Waals surface area contributed by atoms with Gasteiger partial charge in [-0.15, -0.1) is 0 Å². The summed E-state index contributed by atoms with van der Waals surface area (Å²) < 4.78 is 4.29. The van der Waals surface area contributed by atoms with E-state index in [0.29, 0.717) is 6.42 Å². The van der Waals surface area contributed by atoms with Crippen molar-refractivity contribution in [2.24, 2.45) is 0 Å². The largest absolute Gasteiger partial charge is 0.481 e. The zero-order chi connectivity index (χ0) is 10.1. The molecule has 1 N–H and O–H groups in total. The van der Waals surface area contributed by atoms with E-state index in [0.717, 1.165) is 0 Å². The van der Waals surface area contributed by atoms with Gasteiger partial charge in [0.15, 0.2) is 0 Å². The third-order valence-corrected chi connectivity index (χ3v) is 1.00. The molecule has 0 aromatic carbocycles. The van der Waals surface area contributed by atoms with Crippen molar-refractivity contribution in [2.45, 2.75) is 6.42 Å². The minimum Gasteiger partial charge on any atom is -0.481 e. The molecule has 4 heteroatoms. The van der Waals surface area contributed by atoms with E-state index in [9.17, 15) is 4.79 Å². The molecule has 0 aliphatic heterocycles. The van der Waals surface area contributed by atoms with Crippen LogP contribution in [0.5, 0.6) is 0 Å². The first-order valence-electron chi connectivity index (χ1n) is 3.60. The zero-order valence-corrected chi connectivity index (χ0v) is 10.7. The second-order valence-electron chi connectivity index (χ2n) is 2.01. The normalized spacial score (nSPS) is 8.43. The van der Waals surface area contributed by atoms with Crippen molar-refractivity contribution in [1.82, 2.24) is 0 Å². The molecule has 0 saturated carbocycles. The maximum atomic E-state index is 10.5. The van der Waals surface area contributed by atoms with Gasteiger partial charge in [-0.05, 0) is 0 Å². The van der Waals surface area contributed by atoms with Crippen molar-refractivity contribution in [1.29, 1.82) is 0 Å². The van der Waals surface area contributed by atoms with Crippen LogP contribution in [0.25, 0.3) is 0 Å². The molecule has 0 atom stereocenters. The maximum Gasteiger partial charge on any atom is 0.225 e. The van der Waals surface area contributed by atoms with Crippen molar-refractivity contribution in [3.8, 4) is 11.8 Å². The second-order valence-corrected chi connectivity index (χ2v) is 2.01. The predicted molar refractivity (Wildman–Crippen MR) is 47.1 cm³/mol. The van der Waals surface area contributed by atoms with Gasteiger partial charge in [-0.2, -0.15) is 5.92 Å². The van der Waals surface area contributed by atoms with Crippen LogP contribution in [0.2, 0.25) is 0 Å². The van der Waals surface area contributed by atoms with Gasteiger partial charge in [-0.25, -0.2) is 6.08 Å². The van der Waals surface area contributed by atoms with Crippen LogP contribution in [0, 0.1) is 24.5 Å². The number of hydrogen-bond acceptors (Lipinski definition) is 3. The second kappa shape index (κ2) is 10.7. The van der Waals surface area contributed by atoms with Crippen LogP contribution >= 0.6 is 0 Å². The molecule has 0 unspecified atom stereocenters. The minimum atomic E-state index is -0.605. The van der Waals surface area contributed by atoms with E-state index in [-0.39, 0.29) is 44.9 Å². The molecule has 0 amide bonds. The molecule has 14 heavy (non-hydrogen) atoms. The van der Waals surface area contributed by atoms with Crippen molar-refractivity contribution >= 4 is 5.97 Å². The molecule has 73 valence electrons. The van der Waals surface area contributed by atoms with Crippen LogP contribution in [0.3, 0.4) is 0 Å². The van der Waals surface area contributed by atoms with E-state index in [1.807, 2.05) is 0 Å². The van der Waals surface area contributed by atoms with Gasteiger partial charge < -0.3 is 34.0 Å². The topological polar surface area (TPSA) is 46.5 Å². The summed E-state index contributed by atoms with van der Waals surface area (Å²) in [5.41, 5.74) is 0.207. The van der Waals surface area contributed by atoms with Crippen LogP contribution in [0.4, 0.5) is 0 Å². The summed E-state index contributed by atoms with van der Waals surface area (Å²) in [6.07, 6.45) is 3.83. The molecular formula is C10H10O3Y-2. The van der Waals surface area contributed by atoms with Crippen LogP contribution in [-0.2, 0) is 42.2 Å². The number of methoxy groups -OCH3 is 1. The molecule has 0 aromatic heterocycles. The average molecular weight is 267 g/mol. The molecule has 0 saturated heterocycles. The number of esters is 1. The van der Waals surface area contributed by atoms with Crippen molar-refractivity contribution < 1.29 is 47.3 Å². The van der Waals surface area contributed by atoms with Gasteiger partial charge in [0.25, 0.3) is 0 Å². The number of allylic oxidation sites excluding steroid dienone is 2. The Bertz CT molecular complexity index is 271. The first-order valence-corrected chi connectivity index (χ1v) is 3.60. The predicted octanol–water partition coefficient (Wildman–Crippen LogP) is 0.261. The van der Waals surface area contributed by atoms with Gasteiger partial charge in [0.05, 0.1) is 13.7 Å². The Labute approximate surface area is 109 Å². The standard InChI is InChI=1S/C10H10O3.Y/c1-9(5-3-4-8-11)6-7-10(12)13-2;/h1,6,11H,4,8H2,2H3;/q-2;. The number of carbonyl (C=O) groups excluding carboxylic acids is 1. The van der Waals surface area contributed by atoms with E-state index in [1.165, 1.54) is 13.2 Å². The van der Waals surface area contributed by atoms with Gasteiger partial charge in [-0.1, -0.05) is 0 Å². The van der Waals surface area contributed by atoms with Gasteiger partial charge in [0.1, 0.15) is 0 Å². The number of aliphatic hydroxyl groups excluding tert-OH is 1. The van der Waals surface area contributed by atoms with Gasteiger partial charge >= 0.3 is 0 Å². The molecule has 0 bridgehead atoms. The van der Waals surface area contributed by atoms with Crippen LogP contribution in [0.1, 0.15) is 6.42 Å². The van der Waals surface area contributed by atoms with E-state index < -0.39 is 5.97 Å². The summed E-state index contributed by atoms with van der Waals surface area (Å²) in [7, 11) is 1.25. The molecule has 0 heterocycles. The Morgan fingerprint density at radius 1 is 1.71 bits per heavy atom. The minimum absolute atomic E-state index is 0. The fourth-order valence-corrected chi connectivity index (χ4v) is 0.452. The fourth-order valence-electron chi connectivity index (χ4n) is 0.452. The monoisotopic (exact) mass is 267 g/mol. The fraction of sp³-hybridized carbons (Fsp3) is 0.300. The first kappa shape index (κ1) is 16.0. The Morgan fingerprint density at radius 3 is 2.86 bits per heavy atom. The van der Waals surface area contributed by atoms with Crippen LogP contribution in [-0.4, -0.2) is 24.8 Å².